The molecule has 2 heterocycles. The number of hydrogen-bond acceptors (Lipinski definition) is 4. The van der Waals surface area contributed by atoms with E-state index in [2.05, 4.69) is 174 Å². The number of hydrogen-bond donors (Lipinski definition) is 2. The summed E-state index contributed by atoms with van der Waals surface area (Å²) in [5.41, 5.74) is 9.29. The van der Waals surface area contributed by atoms with Crippen LogP contribution in [0.5, 0.6) is 0 Å². The molecule has 2 aliphatic rings. The van der Waals surface area contributed by atoms with Gasteiger partial charge in [0.2, 0.25) is 0 Å². The van der Waals surface area contributed by atoms with E-state index in [0.29, 0.717) is 0 Å². The molecule has 2 aliphatic heterocycles. The molecule has 4 heteroatoms. The highest BCUT2D eigenvalue weighted by Crippen LogP contribution is 2.50. The maximum absolute atomic E-state index is 5.22. The van der Waals surface area contributed by atoms with Crippen molar-refractivity contribution in [2.24, 2.45) is 4.99 Å². The van der Waals surface area contributed by atoms with Crippen LogP contribution in [0.3, 0.4) is 0 Å². The Hall–Kier alpha value is -5.58. The fourth-order valence-corrected chi connectivity index (χ4v) is 8.01. The van der Waals surface area contributed by atoms with Gasteiger partial charge in [-0.05, 0) is 62.2 Å². The summed E-state index contributed by atoms with van der Waals surface area (Å²) in [4.78, 5) is 6.51. The van der Waals surface area contributed by atoms with Crippen molar-refractivity contribution in [2.75, 3.05) is 5.32 Å². The minimum atomic E-state index is -0.0548. The Kier molecular flexibility index (Phi) is 6.87. The van der Waals surface area contributed by atoms with Crippen LogP contribution in [0.4, 0.5) is 5.69 Å². The summed E-state index contributed by atoms with van der Waals surface area (Å²) >= 11 is 1.89. The second-order valence-electron chi connectivity index (χ2n) is 12.0. The second kappa shape index (κ2) is 11.7. The molecular weight excluding hydrogens is 591 g/mol. The Morgan fingerprint density at radius 1 is 0.553 bits per heavy atom. The van der Waals surface area contributed by atoms with Crippen LogP contribution >= 0.6 is 11.8 Å². The second-order valence-corrected chi connectivity index (χ2v) is 13.2. The largest absolute Gasteiger partial charge is 0.368 e. The van der Waals surface area contributed by atoms with Crippen LogP contribution in [-0.4, -0.2) is 5.84 Å². The molecule has 0 saturated heterocycles. The van der Waals surface area contributed by atoms with Crippen LogP contribution in [0, 0.1) is 0 Å². The SMILES string of the molecule is C1=C(c2ccccc2)N=C(c2ccc3c(ccc4ccc5c(c43)NC(c3ccccc3)S5)c2)NC1c1ccccc1-c1ccccc1. The van der Waals surface area contributed by atoms with Crippen LogP contribution in [0.25, 0.3) is 38.4 Å². The Balaban J connectivity index is 1.14. The number of aliphatic imine (C=N–C) groups is 1. The molecule has 0 saturated carbocycles. The molecule has 47 heavy (non-hydrogen) atoms. The summed E-state index contributed by atoms with van der Waals surface area (Å²) in [6.07, 6.45) is 2.25. The first-order chi connectivity index (χ1) is 23.3. The average molecular weight is 622 g/mol. The first kappa shape index (κ1) is 27.7. The molecule has 2 atom stereocenters. The fraction of sp³-hybridized carbons (Fsp3) is 0.0465. The van der Waals surface area contributed by atoms with Crippen LogP contribution in [0.15, 0.2) is 174 Å². The number of amidine groups is 1. The number of nitrogens with one attached hydrogen (secondary N) is 2. The van der Waals surface area contributed by atoms with E-state index < -0.39 is 0 Å². The number of thioether (sulfide) groups is 1. The highest BCUT2D eigenvalue weighted by molar-refractivity contribution is 8.00. The molecule has 9 rings (SSSR count). The van der Waals surface area contributed by atoms with Gasteiger partial charge in [0.25, 0.3) is 0 Å². The Labute approximate surface area is 278 Å². The zero-order valence-corrected chi connectivity index (χ0v) is 26.4. The van der Waals surface area contributed by atoms with Gasteiger partial charge in [0.15, 0.2) is 0 Å². The van der Waals surface area contributed by atoms with Crippen LogP contribution in [0.2, 0.25) is 0 Å². The van der Waals surface area contributed by atoms with Crippen molar-refractivity contribution in [1.82, 2.24) is 5.32 Å². The number of benzene rings is 7. The lowest BCUT2D eigenvalue weighted by atomic mass is 9.92. The monoisotopic (exact) mass is 621 g/mol. The van der Waals surface area contributed by atoms with Crippen LogP contribution in [-0.2, 0) is 0 Å². The third kappa shape index (κ3) is 5.08. The van der Waals surface area contributed by atoms with Crippen molar-refractivity contribution in [3.8, 4) is 11.1 Å². The van der Waals surface area contributed by atoms with Crippen molar-refractivity contribution in [1.29, 1.82) is 0 Å². The molecule has 0 fully saturated rings. The zero-order valence-electron chi connectivity index (χ0n) is 25.6. The van der Waals surface area contributed by atoms with Gasteiger partial charge in [0.05, 0.1) is 17.4 Å². The number of anilines is 1. The molecule has 0 amide bonds. The van der Waals surface area contributed by atoms with Crippen molar-refractivity contribution in [3.05, 3.63) is 186 Å². The van der Waals surface area contributed by atoms with Crippen molar-refractivity contribution < 1.29 is 0 Å². The lowest BCUT2D eigenvalue weighted by Crippen LogP contribution is -2.31. The molecule has 7 aromatic carbocycles. The maximum Gasteiger partial charge on any atom is 0.134 e. The van der Waals surface area contributed by atoms with E-state index in [9.17, 15) is 0 Å². The molecule has 0 bridgehead atoms. The summed E-state index contributed by atoms with van der Waals surface area (Å²) in [5.74, 6) is 0.873. The topological polar surface area (TPSA) is 36.4 Å². The molecule has 224 valence electrons. The lowest BCUT2D eigenvalue weighted by molar-refractivity contribution is 0.782. The Morgan fingerprint density at radius 3 is 2.04 bits per heavy atom. The van der Waals surface area contributed by atoms with Gasteiger partial charge in [-0.25, -0.2) is 4.99 Å². The molecule has 0 radical (unpaired) electrons. The van der Waals surface area contributed by atoms with Crippen molar-refractivity contribution >= 4 is 50.5 Å². The lowest BCUT2D eigenvalue weighted by Gasteiger charge is -2.26. The smallest absolute Gasteiger partial charge is 0.134 e. The fourth-order valence-electron chi connectivity index (χ4n) is 6.86. The summed E-state index contributed by atoms with van der Waals surface area (Å²) in [7, 11) is 0. The van der Waals surface area contributed by atoms with Gasteiger partial charge in [0.1, 0.15) is 11.2 Å². The van der Waals surface area contributed by atoms with Gasteiger partial charge < -0.3 is 10.6 Å². The van der Waals surface area contributed by atoms with Crippen molar-refractivity contribution in [3.63, 3.8) is 0 Å². The molecule has 2 unspecified atom stereocenters. The number of rotatable bonds is 5. The molecule has 3 nitrogen and oxygen atoms in total. The first-order valence-corrected chi connectivity index (χ1v) is 16.9. The van der Waals surface area contributed by atoms with E-state index in [1.807, 2.05) is 11.8 Å². The minimum Gasteiger partial charge on any atom is -0.368 e. The van der Waals surface area contributed by atoms with E-state index in [-0.39, 0.29) is 11.4 Å². The maximum atomic E-state index is 5.22. The standard InChI is InChI=1S/C43H31N3S/c1-4-12-28(13-5-1)34-18-10-11-19-36(34)38-27-37(29-14-6-2-7-15-29)44-42(45-38)33-22-24-35-32(26-33)21-20-30-23-25-39-41(40(30)35)46-43(47-39)31-16-8-3-9-17-31/h1-27,38,43,46H,(H,44,45). The van der Waals surface area contributed by atoms with Crippen LogP contribution < -0.4 is 10.6 Å². The van der Waals surface area contributed by atoms with E-state index in [1.54, 1.807) is 0 Å². The molecule has 0 spiro atoms. The Morgan fingerprint density at radius 2 is 1.23 bits per heavy atom. The molecule has 2 N–H and O–H groups in total. The van der Waals surface area contributed by atoms with E-state index in [0.717, 1.165) is 22.7 Å². The van der Waals surface area contributed by atoms with Crippen molar-refractivity contribution in [2.45, 2.75) is 16.3 Å². The van der Waals surface area contributed by atoms with Gasteiger partial charge in [-0.3, -0.25) is 0 Å². The van der Waals surface area contributed by atoms with Gasteiger partial charge in [-0.1, -0.05) is 157 Å². The highest BCUT2D eigenvalue weighted by atomic mass is 32.2. The van der Waals surface area contributed by atoms with Gasteiger partial charge in [-0.15, -0.1) is 0 Å². The third-order valence-electron chi connectivity index (χ3n) is 9.16. The predicted molar refractivity (Wildman–Crippen MR) is 199 cm³/mol. The first-order valence-electron chi connectivity index (χ1n) is 16.0. The molecule has 7 aromatic rings. The average Bonchev–Trinajstić information content (AvgIpc) is 3.60. The molecular formula is C43H31N3S. The number of nitrogens with zero attached hydrogens (tertiary/aromatic N) is 1. The molecule has 0 aromatic heterocycles. The molecule has 0 aliphatic carbocycles. The predicted octanol–water partition coefficient (Wildman–Crippen LogP) is 11.0. The highest BCUT2D eigenvalue weighted by Gasteiger charge is 2.26. The van der Waals surface area contributed by atoms with E-state index in [4.69, 9.17) is 4.99 Å². The van der Waals surface area contributed by atoms with Gasteiger partial charge in [-0.2, -0.15) is 0 Å². The summed E-state index contributed by atoms with van der Waals surface area (Å²) < 4.78 is 0. The Bertz CT molecular complexity index is 2330. The third-order valence-corrected chi connectivity index (χ3v) is 10.4. The van der Waals surface area contributed by atoms with Crippen LogP contribution in [0.1, 0.15) is 33.7 Å². The van der Waals surface area contributed by atoms with E-state index in [1.165, 1.54) is 54.4 Å². The van der Waals surface area contributed by atoms with E-state index >= 15 is 0 Å². The summed E-state index contributed by atoms with van der Waals surface area (Å²) in [6.45, 7) is 0. The normalized spacial score (nSPS) is 17.0. The quantitative estimate of drug-likeness (QED) is 0.188. The van der Waals surface area contributed by atoms with Gasteiger partial charge in [0, 0.05) is 15.8 Å². The zero-order chi connectivity index (χ0) is 31.2. The summed E-state index contributed by atoms with van der Waals surface area (Å²) in [5, 5.41) is 12.8. The van der Waals surface area contributed by atoms with Gasteiger partial charge >= 0.3 is 0 Å². The summed E-state index contributed by atoms with van der Waals surface area (Å²) in [6, 6.07) is 56.2. The minimum absolute atomic E-state index is 0.0548. The number of fused-ring (bicyclic) bond motifs is 5.